The smallest absolute Gasteiger partial charge is 0.337 e. The molecule has 1 saturated carbocycles. The fourth-order valence-corrected chi connectivity index (χ4v) is 2.88. The second-order valence-electron chi connectivity index (χ2n) is 6.09. The van der Waals surface area contributed by atoms with E-state index in [9.17, 15) is 15.0 Å². The Kier molecular flexibility index (Phi) is 3.45. The van der Waals surface area contributed by atoms with Crippen LogP contribution in [0.15, 0.2) is 18.2 Å². The third-order valence-electron chi connectivity index (χ3n) is 4.21. The van der Waals surface area contributed by atoms with Crippen molar-refractivity contribution in [3.8, 4) is 0 Å². The standard InChI is InChI=1S/C16H20N2O3/c1-9(2)13(8-19)18-12-5-3-4-11(16(20)21)14(12)17-15(18)10-6-7-10/h3-5,9-10,13,19H,6-8H2,1-2H3,(H,20,21). The molecule has 2 N–H and O–H groups in total. The number of imidazole rings is 1. The Labute approximate surface area is 123 Å². The second kappa shape index (κ2) is 5.15. The highest BCUT2D eigenvalue weighted by atomic mass is 16.4. The normalized spacial score (nSPS) is 16.6. The molecule has 5 nitrogen and oxygen atoms in total. The first-order valence-electron chi connectivity index (χ1n) is 7.39. The topological polar surface area (TPSA) is 75.3 Å². The van der Waals surface area contributed by atoms with Gasteiger partial charge in [0.25, 0.3) is 0 Å². The van der Waals surface area contributed by atoms with Gasteiger partial charge in [-0.25, -0.2) is 9.78 Å². The molecule has 1 aromatic heterocycles. The number of aromatic carboxylic acids is 1. The Hall–Kier alpha value is -1.88. The van der Waals surface area contributed by atoms with Gasteiger partial charge in [0, 0.05) is 5.92 Å². The lowest BCUT2D eigenvalue weighted by atomic mass is 10.0. The second-order valence-corrected chi connectivity index (χ2v) is 6.09. The lowest BCUT2D eigenvalue weighted by Gasteiger charge is -2.23. The predicted octanol–water partition coefficient (Wildman–Crippen LogP) is 2.80. The maximum Gasteiger partial charge on any atom is 0.337 e. The van der Waals surface area contributed by atoms with Crippen molar-refractivity contribution in [1.29, 1.82) is 0 Å². The van der Waals surface area contributed by atoms with E-state index in [2.05, 4.69) is 23.4 Å². The number of hydrogen-bond acceptors (Lipinski definition) is 3. The zero-order valence-electron chi connectivity index (χ0n) is 12.3. The van der Waals surface area contributed by atoms with Crippen molar-refractivity contribution in [3.63, 3.8) is 0 Å². The van der Waals surface area contributed by atoms with Crippen LogP contribution in [0, 0.1) is 5.92 Å². The van der Waals surface area contributed by atoms with Crippen LogP contribution in [-0.4, -0.2) is 32.3 Å². The van der Waals surface area contributed by atoms with E-state index in [-0.39, 0.29) is 24.1 Å². The van der Waals surface area contributed by atoms with Crippen LogP contribution in [0.5, 0.6) is 0 Å². The van der Waals surface area contributed by atoms with E-state index in [4.69, 9.17) is 0 Å². The highest BCUT2D eigenvalue weighted by molar-refractivity contribution is 6.01. The molecule has 2 aromatic rings. The van der Waals surface area contributed by atoms with Crippen LogP contribution in [0.3, 0.4) is 0 Å². The first-order chi connectivity index (χ1) is 10.0. The lowest BCUT2D eigenvalue weighted by Crippen LogP contribution is -2.21. The summed E-state index contributed by atoms with van der Waals surface area (Å²) < 4.78 is 2.06. The number of aromatic nitrogens is 2. The average Bonchev–Trinajstić information content (AvgIpc) is 3.21. The van der Waals surface area contributed by atoms with Crippen molar-refractivity contribution >= 4 is 17.0 Å². The first-order valence-corrected chi connectivity index (χ1v) is 7.39. The summed E-state index contributed by atoms with van der Waals surface area (Å²) >= 11 is 0. The Morgan fingerprint density at radius 1 is 1.43 bits per heavy atom. The maximum atomic E-state index is 11.4. The number of carboxylic acid groups (broad SMARTS) is 1. The third-order valence-corrected chi connectivity index (χ3v) is 4.21. The van der Waals surface area contributed by atoms with Gasteiger partial charge < -0.3 is 14.8 Å². The summed E-state index contributed by atoms with van der Waals surface area (Å²) in [5.74, 6) is 0.606. The average molecular weight is 288 g/mol. The van der Waals surface area contributed by atoms with Gasteiger partial charge in [-0.1, -0.05) is 19.9 Å². The van der Waals surface area contributed by atoms with Gasteiger partial charge in [-0.15, -0.1) is 0 Å². The van der Waals surface area contributed by atoms with Crippen LogP contribution < -0.4 is 0 Å². The maximum absolute atomic E-state index is 11.4. The molecule has 1 unspecified atom stereocenters. The van der Waals surface area contributed by atoms with Crippen molar-refractivity contribution in [1.82, 2.24) is 9.55 Å². The zero-order valence-corrected chi connectivity index (χ0v) is 12.3. The van der Waals surface area contributed by atoms with Gasteiger partial charge in [-0.2, -0.15) is 0 Å². The monoisotopic (exact) mass is 288 g/mol. The molecule has 1 atom stereocenters. The van der Waals surface area contributed by atoms with Gasteiger partial charge in [0.05, 0.1) is 23.7 Å². The van der Waals surface area contributed by atoms with Crippen molar-refractivity contribution in [3.05, 3.63) is 29.6 Å². The number of nitrogens with zero attached hydrogens (tertiary/aromatic N) is 2. The van der Waals surface area contributed by atoms with Crippen LogP contribution in [0.4, 0.5) is 0 Å². The van der Waals surface area contributed by atoms with Crippen molar-refractivity contribution in [2.24, 2.45) is 5.92 Å². The van der Waals surface area contributed by atoms with Gasteiger partial charge >= 0.3 is 5.97 Å². The summed E-state index contributed by atoms with van der Waals surface area (Å²) in [5.41, 5.74) is 1.57. The molecular formula is C16H20N2O3. The van der Waals surface area contributed by atoms with Crippen molar-refractivity contribution in [2.45, 2.75) is 38.6 Å². The Bertz CT molecular complexity index is 686. The molecule has 0 spiro atoms. The molecular weight excluding hydrogens is 268 g/mol. The number of carbonyl (C=O) groups is 1. The predicted molar refractivity (Wildman–Crippen MR) is 79.6 cm³/mol. The molecule has 1 aromatic carbocycles. The highest BCUT2D eigenvalue weighted by Gasteiger charge is 2.33. The van der Waals surface area contributed by atoms with Crippen LogP contribution in [-0.2, 0) is 0 Å². The highest BCUT2D eigenvalue weighted by Crippen LogP contribution is 2.43. The quantitative estimate of drug-likeness (QED) is 0.887. The fourth-order valence-electron chi connectivity index (χ4n) is 2.88. The molecule has 0 bridgehead atoms. The molecule has 1 fully saturated rings. The molecule has 1 heterocycles. The molecule has 0 radical (unpaired) electrons. The number of aliphatic hydroxyl groups is 1. The molecule has 3 rings (SSSR count). The van der Waals surface area contributed by atoms with E-state index in [1.54, 1.807) is 12.1 Å². The van der Waals surface area contributed by atoms with E-state index in [0.717, 1.165) is 24.2 Å². The summed E-state index contributed by atoms with van der Waals surface area (Å²) in [6.07, 6.45) is 2.17. The van der Waals surface area contributed by atoms with Crippen LogP contribution in [0.1, 0.15) is 54.8 Å². The third kappa shape index (κ3) is 2.31. The Balaban J connectivity index is 2.27. The van der Waals surface area contributed by atoms with Crippen LogP contribution in [0.25, 0.3) is 11.0 Å². The molecule has 1 aliphatic carbocycles. The summed E-state index contributed by atoms with van der Waals surface area (Å²) in [6.45, 7) is 4.15. The zero-order chi connectivity index (χ0) is 15.1. The fraction of sp³-hybridized carbons (Fsp3) is 0.500. The molecule has 0 saturated heterocycles. The van der Waals surface area contributed by atoms with Gasteiger partial charge in [-0.3, -0.25) is 0 Å². The summed E-state index contributed by atoms with van der Waals surface area (Å²) in [5, 5.41) is 19.1. The van der Waals surface area contributed by atoms with E-state index < -0.39 is 5.97 Å². The molecule has 0 aliphatic heterocycles. The minimum absolute atomic E-state index is 0.0279. The number of hydrogen-bond donors (Lipinski definition) is 2. The van der Waals surface area contributed by atoms with E-state index >= 15 is 0 Å². The van der Waals surface area contributed by atoms with Gasteiger partial charge in [0.2, 0.25) is 0 Å². The number of fused-ring (bicyclic) bond motifs is 1. The van der Waals surface area contributed by atoms with Crippen LogP contribution in [0.2, 0.25) is 0 Å². The summed E-state index contributed by atoms with van der Waals surface area (Å²) in [7, 11) is 0. The van der Waals surface area contributed by atoms with E-state index in [1.807, 2.05) is 6.07 Å². The van der Waals surface area contributed by atoms with Gasteiger partial charge in [0.1, 0.15) is 11.3 Å². The number of benzene rings is 1. The van der Waals surface area contributed by atoms with E-state index in [0.29, 0.717) is 11.4 Å². The minimum Gasteiger partial charge on any atom is -0.478 e. The summed E-state index contributed by atoms with van der Waals surface area (Å²) in [6, 6.07) is 5.15. The molecule has 0 amide bonds. The Morgan fingerprint density at radius 3 is 2.67 bits per heavy atom. The summed E-state index contributed by atoms with van der Waals surface area (Å²) in [4.78, 5) is 16.0. The van der Waals surface area contributed by atoms with E-state index in [1.165, 1.54) is 0 Å². The Morgan fingerprint density at radius 2 is 2.14 bits per heavy atom. The van der Waals surface area contributed by atoms with Crippen LogP contribution >= 0.6 is 0 Å². The number of para-hydroxylation sites is 1. The molecule has 21 heavy (non-hydrogen) atoms. The van der Waals surface area contributed by atoms with Crippen molar-refractivity contribution < 1.29 is 15.0 Å². The molecule has 112 valence electrons. The minimum atomic E-state index is -0.960. The van der Waals surface area contributed by atoms with Gasteiger partial charge in [-0.05, 0) is 30.9 Å². The largest absolute Gasteiger partial charge is 0.478 e. The number of aliphatic hydroxyl groups excluding tert-OH is 1. The molecule has 1 aliphatic rings. The van der Waals surface area contributed by atoms with Gasteiger partial charge in [0.15, 0.2) is 0 Å². The molecule has 5 heteroatoms. The first kappa shape index (κ1) is 14.1. The number of carboxylic acids is 1. The van der Waals surface area contributed by atoms with Crippen molar-refractivity contribution in [2.75, 3.05) is 6.61 Å². The SMILES string of the molecule is CC(C)C(CO)n1c(C2CC2)nc2c(C(=O)O)cccc21. The number of rotatable bonds is 5. The lowest BCUT2D eigenvalue weighted by molar-refractivity contribution is 0.0699.